The number of nitrogens with zero attached hydrogens (tertiary/aromatic N) is 1. The molecule has 3 aromatic rings. The number of hydrogen-bond acceptors (Lipinski definition) is 5. The van der Waals surface area contributed by atoms with Gasteiger partial charge in [-0.25, -0.2) is 17.2 Å². The standard InChI is InChI=1S/C24H18F2N2O5S/c1-28-20-10-13(2-7-17(20)23(29)24(28)30)18-12-15(27-34(31,32)16-5-6-16)4-9-21(18)33-22-8-3-14(25)11-19(22)26/h2-4,7-12,16,27H,5-6H2,1H3. The summed E-state index contributed by atoms with van der Waals surface area (Å²) in [7, 11) is -2.07. The van der Waals surface area contributed by atoms with Crippen LogP contribution in [0.15, 0.2) is 54.6 Å². The van der Waals surface area contributed by atoms with E-state index < -0.39 is 38.6 Å². The fraction of sp³-hybridized carbons (Fsp3) is 0.167. The molecule has 1 N–H and O–H groups in total. The summed E-state index contributed by atoms with van der Waals surface area (Å²) in [6, 6.07) is 12.0. The molecule has 1 heterocycles. The molecule has 1 aliphatic carbocycles. The van der Waals surface area contributed by atoms with Crippen LogP contribution in [0.2, 0.25) is 0 Å². The van der Waals surface area contributed by atoms with E-state index in [9.17, 15) is 26.8 Å². The first-order valence-electron chi connectivity index (χ1n) is 10.4. The minimum absolute atomic E-state index is 0.165. The predicted molar refractivity (Wildman–Crippen MR) is 122 cm³/mol. The van der Waals surface area contributed by atoms with Gasteiger partial charge < -0.3 is 9.64 Å². The highest BCUT2D eigenvalue weighted by Gasteiger charge is 2.36. The number of hydrogen-bond donors (Lipinski definition) is 1. The predicted octanol–water partition coefficient (Wildman–Crippen LogP) is 4.49. The molecule has 7 nitrogen and oxygen atoms in total. The second kappa shape index (κ2) is 7.91. The Morgan fingerprint density at radius 2 is 1.68 bits per heavy atom. The topological polar surface area (TPSA) is 92.8 Å². The van der Waals surface area contributed by atoms with Gasteiger partial charge in [-0.15, -0.1) is 0 Å². The molecule has 34 heavy (non-hydrogen) atoms. The van der Waals surface area contributed by atoms with Gasteiger partial charge >= 0.3 is 0 Å². The van der Waals surface area contributed by atoms with Crippen molar-refractivity contribution in [2.75, 3.05) is 16.7 Å². The largest absolute Gasteiger partial charge is 0.454 e. The number of nitrogens with one attached hydrogen (secondary N) is 1. The van der Waals surface area contributed by atoms with Crippen molar-refractivity contribution >= 4 is 33.1 Å². The zero-order valence-corrected chi connectivity index (χ0v) is 18.7. The smallest absolute Gasteiger partial charge is 0.299 e. The molecule has 0 aromatic heterocycles. The van der Waals surface area contributed by atoms with Crippen LogP contribution < -0.4 is 14.4 Å². The van der Waals surface area contributed by atoms with Crippen LogP contribution in [0.3, 0.4) is 0 Å². The molecule has 174 valence electrons. The Bertz CT molecular complexity index is 1470. The average molecular weight is 484 g/mol. The summed E-state index contributed by atoms with van der Waals surface area (Å²) < 4.78 is 60.7. The number of sulfonamides is 1. The molecule has 5 rings (SSSR count). The lowest BCUT2D eigenvalue weighted by molar-refractivity contribution is -0.114. The maximum atomic E-state index is 14.2. The third kappa shape index (κ3) is 3.90. The van der Waals surface area contributed by atoms with E-state index in [1.165, 1.54) is 36.2 Å². The SMILES string of the molecule is CN1C(=O)C(=O)c2ccc(-c3cc(NS(=O)(=O)C4CC4)ccc3Oc3ccc(F)cc3F)cc21. The van der Waals surface area contributed by atoms with Gasteiger partial charge in [-0.1, -0.05) is 6.07 Å². The Morgan fingerprint density at radius 1 is 0.941 bits per heavy atom. The van der Waals surface area contributed by atoms with Crippen molar-refractivity contribution in [1.82, 2.24) is 0 Å². The van der Waals surface area contributed by atoms with Crippen molar-refractivity contribution in [2.24, 2.45) is 0 Å². The zero-order chi connectivity index (χ0) is 24.2. The minimum atomic E-state index is -3.55. The quantitative estimate of drug-likeness (QED) is 0.521. The number of carbonyl (C=O) groups is 2. The van der Waals surface area contributed by atoms with E-state index in [0.29, 0.717) is 35.7 Å². The highest BCUT2D eigenvalue weighted by atomic mass is 32.2. The number of likely N-dealkylation sites (N-methyl/N-ethyl adjacent to an activating group) is 1. The molecular formula is C24H18F2N2O5S. The van der Waals surface area contributed by atoms with Crippen LogP contribution in [0.4, 0.5) is 20.2 Å². The van der Waals surface area contributed by atoms with E-state index in [2.05, 4.69) is 4.72 Å². The zero-order valence-electron chi connectivity index (χ0n) is 17.8. The third-order valence-electron chi connectivity index (χ3n) is 5.73. The van der Waals surface area contributed by atoms with Gasteiger partial charge in [0.25, 0.3) is 11.7 Å². The van der Waals surface area contributed by atoms with Gasteiger partial charge in [0, 0.05) is 24.4 Å². The number of rotatable bonds is 6. The van der Waals surface area contributed by atoms with Crippen LogP contribution in [-0.4, -0.2) is 32.4 Å². The number of anilines is 2. The molecule has 10 heteroatoms. The van der Waals surface area contributed by atoms with E-state index in [0.717, 1.165) is 12.1 Å². The van der Waals surface area contributed by atoms with Crippen molar-refractivity contribution in [2.45, 2.75) is 18.1 Å². The van der Waals surface area contributed by atoms with Crippen molar-refractivity contribution in [3.63, 3.8) is 0 Å². The number of fused-ring (bicyclic) bond motifs is 1. The lowest BCUT2D eigenvalue weighted by atomic mass is 10.0. The number of benzene rings is 3. The molecule has 1 aliphatic heterocycles. The van der Waals surface area contributed by atoms with Crippen LogP contribution in [0.5, 0.6) is 11.5 Å². The number of ketones is 1. The summed E-state index contributed by atoms with van der Waals surface area (Å²) in [4.78, 5) is 25.4. The van der Waals surface area contributed by atoms with Crippen LogP contribution >= 0.6 is 0 Å². The fourth-order valence-corrected chi connectivity index (χ4v) is 5.13. The highest BCUT2D eigenvalue weighted by molar-refractivity contribution is 7.93. The first-order chi connectivity index (χ1) is 16.1. The molecule has 0 atom stereocenters. The Morgan fingerprint density at radius 3 is 2.38 bits per heavy atom. The van der Waals surface area contributed by atoms with Gasteiger partial charge in [0.1, 0.15) is 11.6 Å². The molecule has 1 saturated carbocycles. The normalized spacial score (nSPS) is 15.4. The van der Waals surface area contributed by atoms with Crippen molar-refractivity contribution in [3.05, 3.63) is 71.8 Å². The maximum absolute atomic E-state index is 14.2. The van der Waals surface area contributed by atoms with Crippen molar-refractivity contribution in [3.8, 4) is 22.6 Å². The number of amides is 1. The molecule has 1 amide bonds. The van der Waals surface area contributed by atoms with Crippen LogP contribution in [0, 0.1) is 11.6 Å². The minimum Gasteiger partial charge on any atom is -0.454 e. The molecule has 0 saturated heterocycles. The first-order valence-corrected chi connectivity index (χ1v) is 11.9. The van der Waals surface area contributed by atoms with Crippen LogP contribution in [-0.2, 0) is 14.8 Å². The number of Topliss-reactive ketones (excluding diaryl/α,β-unsaturated/α-hetero) is 1. The van der Waals surface area contributed by atoms with Gasteiger partial charge in [0.15, 0.2) is 11.6 Å². The Hall–Kier alpha value is -3.79. The lowest BCUT2D eigenvalue weighted by Gasteiger charge is -2.16. The van der Waals surface area contributed by atoms with E-state index in [1.807, 2.05) is 0 Å². The van der Waals surface area contributed by atoms with Gasteiger partial charge in [-0.3, -0.25) is 14.3 Å². The molecular weight excluding hydrogens is 466 g/mol. The molecule has 0 radical (unpaired) electrons. The molecule has 0 bridgehead atoms. The number of halogens is 2. The van der Waals surface area contributed by atoms with E-state index in [1.54, 1.807) is 12.1 Å². The summed E-state index contributed by atoms with van der Waals surface area (Å²) in [6.45, 7) is 0. The first kappa shape index (κ1) is 22.0. The Balaban J connectivity index is 1.60. The maximum Gasteiger partial charge on any atom is 0.299 e. The Labute approximate surface area is 194 Å². The molecule has 2 aliphatic rings. The van der Waals surface area contributed by atoms with Gasteiger partial charge in [0.05, 0.1) is 16.5 Å². The van der Waals surface area contributed by atoms with Gasteiger partial charge in [-0.2, -0.15) is 0 Å². The van der Waals surface area contributed by atoms with Crippen molar-refractivity contribution < 1.29 is 31.5 Å². The fourth-order valence-electron chi connectivity index (χ4n) is 3.76. The lowest BCUT2D eigenvalue weighted by Crippen LogP contribution is -2.24. The Kier molecular flexibility index (Phi) is 5.12. The average Bonchev–Trinajstić information content (AvgIpc) is 3.63. The van der Waals surface area contributed by atoms with Crippen LogP contribution in [0.25, 0.3) is 11.1 Å². The summed E-state index contributed by atoms with van der Waals surface area (Å²) in [5, 5.41) is -0.439. The second-order valence-electron chi connectivity index (χ2n) is 8.16. The number of carbonyl (C=O) groups excluding carboxylic acids is 2. The molecule has 0 spiro atoms. The monoisotopic (exact) mass is 484 g/mol. The summed E-state index contributed by atoms with van der Waals surface area (Å²) in [5.41, 5.74) is 1.78. The molecule has 0 unspecified atom stereocenters. The van der Waals surface area contributed by atoms with E-state index in [-0.39, 0.29) is 22.7 Å². The summed E-state index contributed by atoms with van der Waals surface area (Å²) in [6.07, 6.45) is 1.18. The van der Waals surface area contributed by atoms with Gasteiger partial charge in [0.2, 0.25) is 10.0 Å². The number of ether oxygens (including phenoxy) is 1. The molecule has 1 fully saturated rings. The van der Waals surface area contributed by atoms with E-state index in [4.69, 9.17) is 4.74 Å². The summed E-state index contributed by atoms with van der Waals surface area (Å²) >= 11 is 0. The van der Waals surface area contributed by atoms with Crippen LogP contribution in [0.1, 0.15) is 23.2 Å². The molecule has 3 aromatic carbocycles. The van der Waals surface area contributed by atoms with E-state index >= 15 is 0 Å². The van der Waals surface area contributed by atoms with Gasteiger partial charge in [-0.05, 0) is 60.9 Å². The highest BCUT2D eigenvalue weighted by Crippen LogP contribution is 2.40. The second-order valence-corrected chi connectivity index (χ2v) is 10.1. The summed E-state index contributed by atoms with van der Waals surface area (Å²) in [5.74, 6) is -3.02. The van der Waals surface area contributed by atoms with Crippen molar-refractivity contribution in [1.29, 1.82) is 0 Å². The third-order valence-corrected chi connectivity index (χ3v) is 7.60.